The maximum Gasteiger partial charge on any atom is 0.319 e. The molecule has 244 valence electrons. The van der Waals surface area contributed by atoms with E-state index in [4.69, 9.17) is 14.2 Å². The molecule has 1 aliphatic rings. The van der Waals surface area contributed by atoms with E-state index in [1.807, 2.05) is 39.8 Å². The van der Waals surface area contributed by atoms with Crippen molar-refractivity contribution in [3.05, 3.63) is 53.6 Å². The van der Waals surface area contributed by atoms with E-state index in [0.29, 0.717) is 36.7 Å². The molecule has 0 fully saturated rings. The molecule has 0 aliphatic carbocycles. The van der Waals surface area contributed by atoms with Crippen molar-refractivity contribution >= 4 is 17.6 Å². The highest BCUT2D eigenvalue weighted by Crippen LogP contribution is 2.28. The van der Waals surface area contributed by atoms with E-state index in [2.05, 4.69) is 41.6 Å². The molecule has 1 heterocycles. The van der Waals surface area contributed by atoms with Crippen molar-refractivity contribution < 1.29 is 28.9 Å². The number of anilines is 1. The lowest BCUT2D eigenvalue weighted by atomic mass is 10.0. The summed E-state index contributed by atoms with van der Waals surface area (Å²) in [5.41, 5.74) is 2.00. The maximum absolute atomic E-state index is 14.2. The molecular formula is C34H52N4O6. The number of carbonyl (C=O) groups is 2. The number of hydrogen-bond donors (Lipinski definition) is 3. The largest absolute Gasteiger partial charge is 0.497 e. The van der Waals surface area contributed by atoms with Crippen molar-refractivity contribution in [2.24, 2.45) is 5.92 Å². The van der Waals surface area contributed by atoms with E-state index in [0.717, 1.165) is 31.6 Å². The van der Waals surface area contributed by atoms with Gasteiger partial charge in [0.15, 0.2) is 0 Å². The minimum absolute atomic E-state index is 0.0318. The molecule has 0 bridgehead atoms. The van der Waals surface area contributed by atoms with E-state index in [-0.39, 0.29) is 42.7 Å². The number of rotatable bonds is 9. The van der Waals surface area contributed by atoms with Gasteiger partial charge in [-0.25, -0.2) is 4.79 Å². The number of urea groups is 1. The van der Waals surface area contributed by atoms with Gasteiger partial charge in [-0.05, 0) is 89.9 Å². The highest BCUT2D eigenvalue weighted by Gasteiger charge is 2.30. The van der Waals surface area contributed by atoms with Crippen LogP contribution in [0.4, 0.5) is 10.5 Å². The van der Waals surface area contributed by atoms with Gasteiger partial charge in [0.2, 0.25) is 0 Å². The van der Waals surface area contributed by atoms with Crippen LogP contribution in [-0.4, -0.2) is 91.6 Å². The average molecular weight is 613 g/mol. The molecular weight excluding hydrogens is 560 g/mol. The van der Waals surface area contributed by atoms with Crippen molar-refractivity contribution in [1.82, 2.24) is 15.1 Å². The number of ether oxygens (including phenoxy) is 3. The summed E-state index contributed by atoms with van der Waals surface area (Å²) in [4.78, 5) is 30.6. The Kier molecular flexibility index (Phi) is 13.8. The summed E-state index contributed by atoms with van der Waals surface area (Å²) >= 11 is 0. The zero-order valence-corrected chi connectivity index (χ0v) is 27.5. The number of aliphatic hydroxyl groups is 1. The predicted molar refractivity (Wildman–Crippen MR) is 173 cm³/mol. The van der Waals surface area contributed by atoms with Crippen LogP contribution >= 0.6 is 0 Å². The number of amides is 3. The number of nitrogens with one attached hydrogen (secondary N) is 2. The van der Waals surface area contributed by atoms with Gasteiger partial charge in [0.25, 0.3) is 5.91 Å². The van der Waals surface area contributed by atoms with Crippen LogP contribution in [0.3, 0.4) is 0 Å². The molecule has 0 saturated heterocycles. The molecule has 3 rings (SSSR count). The van der Waals surface area contributed by atoms with Crippen molar-refractivity contribution in [1.29, 1.82) is 0 Å². The van der Waals surface area contributed by atoms with Crippen LogP contribution < -0.4 is 20.1 Å². The Morgan fingerprint density at radius 3 is 2.52 bits per heavy atom. The van der Waals surface area contributed by atoms with Crippen LogP contribution in [0.15, 0.2) is 42.5 Å². The molecule has 10 heteroatoms. The summed E-state index contributed by atoms with van der Waals surface area (Å²) < 4.78 is 18.1. The first kappa shape index (κ1) is 35.1. The van der Waals surface area contributed by atoms with Gasteiger partial charge in [0.05, 0.1) is 37.5 Å². The number of likely N-dealkylation sites (N-methyl/N-ethyl adjacent to an activating group) is 1. The summed E-state index contributed by atoms with van der Waals surface area (Å²) in [5.74, 6) is 0.987. The lowest BCUT2D eigenvalue weighted by molar-refractivity contribution is -0.0177. The molecule has 0 unspecified atom stereocenters. The first-order chi connectivity index (χ1) is 21.0. The number of aliphatic hydroxyl groups excluding tert-OH is 1. The van der Waals surface area contributed by atoms with Gasteiger partial charge in [0, 0.05) is 43.9 Å². The fraction of sp³-hybridized carbons (Fsp3) is 0.588. The molecule has 2 aromatic carbocycles. The first-order valence-electron chi connectivity index (χ1n) is 15.7. The van der Waals surface area contributed by atoms with E-state index < -0.39 is 6.04 Å². The van der Waals surface area contributed by atoms with Gasteiger partial charge in [-0.15, -0.1) is 0 Å². The SMILES string of the molecule is COc1ccc(CN(C)C[C@@H]2OCCCC[C@H](C)Oc3ccc(NC(=O)NC(C)C)cc3C(=O)N([C@@H](C)CO)C[C@@H]2C)cc1. The Hall–Kier alpha value is -3.34. The third-order valence-corrected chi connectivity index (χ3v) is 7.83. The topological polar surface area (TPSA) is 113 Å². The Labute approximate surface area is 263 Å². The molecule has 44 heavy (non-hydrogen) atoms. The number of nitrogens with zero attached hydrogens (tertiary/aromatic N) is 2. The molecule has 10 nitrogen and oxygen atoms in total. The molecule has 3 N–H and O–H groups in total. The summed E-state index contributed by atoms with van der Waals surface area (Å²) in [6.45, 7) is 11.9. The van der Waals surface area contributed by atoms with Crippen molar-refractivity contribution in [2.45, 2.75) is 84.7 Å². The van der Waals surface area contributed by atoms with E-state index in [1.54, 1.807) is 30.2 Å². The molecule has 3 amide bonds. The lowest BCUT2D eigenvalue weighted by Crippen LogP contribution is -2.47. The monoisotopic (exact) mass is 612 g/mol. The normalized spacial score (nSPS) is 20.8. The van der Waals surface area contributed by atoms with E-state index >= 15 is 0 Å². The Bertz CT molecular complexity index is 1190. The summed E-state index contributed by atoms with van der Waals surface area (Å²) in [6.07, 6.45) is 2.37. The minimum Gasteiger partial charge on any atom is -0.497 e. The molecule has 0 radical (unpaired) electrons. The van der Waals surface area contributed by atoms with Crippen LogP contribution in [0.25, 0.3) is 0 Å². The maximum atomic E-state index is 14.2. The van der Waals surface area contributed by atoms with Crippen LogP contribution in [-0.2, 0) is 11.3 Å². The molecule has 0 saturated carbocycles. The second kappa shape index (κ2) is 17.2. The van der Waals surface area contributed by atoms with Crippen molar-refractivity contribution in [2.75, 3.05) is 45.8 Å². The van der Waals surface area contributed by atoms with Crippen LogP contribution in [0.2, 0.25) is 0 Å². The van der Waals surface area contributed by atoms with Crippen LogP contribution in [0.1, 0.15) is 69.8 Å². The highest BCUT2D eigenvalue weighted by molar-refractivity contribution is 5.99. The van der Waals surface area contributed by atoms with Crippen molar-refractivity contribution in [3.8, 4) is 11.5 Å². The zero-order chi connectivity index (χ0) is 32.2. The summed E-state index contributed by atoms with van der Waals surface area (Å²) in [7, 11) is 3.73. The van der Waals surface area contributed by atoms with Gasteiger partial charge in [-0.3, -0.25) is 9.69 Å². The minimum atomic E-state index is -0.443. The fourth-order valence-corrected chi connectivity index (χ4v) is 5.31. The van der Waals surface area contributed by atoms with Gasteiger partial charge >= 0.3 is 6.03 Å². The molecule has 0 aromatic heterocycles. The number of methoxy groups -OCH3 is 1. The number of hydrogen-bond acceptors (Lipinski definition) is 7. The van der Waals surface area contributed by atoms with E-state index in [9.17, 15) is 14.7 Å². The quantitative estimate of drug-likeness (QED) is 0.359. The fourth-order valence-electron chi connectivity index (χ4n) is 5.31. The van der Waals surface area contributed by atoms with Crippen LogP contribution in [0.5, 0.6) is 11.5 Å². The van der Waals surface area contributed by atoms with E-state index in [1.165, 1.54) is 5.56 Å². The summed E-state index contributed by atoms with van der Waals surface area (Å²) in [6, 6.07) is 12.4. The second-order valence-corrected chi connectivity index (χ2v) is 12.3. The van der Waals surface area contributed by atoms with Gasteiger partial charge < -0.3 is 34.9 Å². The molecule has 4 atom stereocenters. The zero-order valence-electron chi connectivity index (χ0n) is 27.5. The highest BCUT2D eigenvalue weighted by atomic mass is 16.5. The van der Waals surface area contributed by atoms with Gasteiger partial charge in [-0.1, -0.05) is 19.1 Å². The smallest absolute Gasteiger partial charge is 0.319 e. The Morgan fingerprint density at radius 1 is 1.14 bits per heavy atom. The lowest BCUT2D eigenvalue weighted by Gasteiger charge is -2.36. The number of carbonyl (C=O) groups excluding carboxylic acids is 2. The molecule has 1 aliphatic heterocycles. The van der Waals surface area contributed by atoms with Crippen molar-refractivity contribution in [3.63, 3.8) is 0 Å². The Balaban J connectivity index is 1.88. The predicted octanol–water partition coefficient (Wildman–Crippen LogP) is 5.15. The third kappa shape index (κ3) is 10.7. The molecule has 2 aromatic rings. The number of fused-ring (bicyclic) bond motifs is 1. The van der Waals surface area contributed by atoms with Gasteiger partial charge in [-0.2, -0.15) is 0 Å². The molecule has 0 spiro atoms. The first-order valence-corrected chi connectivity index (χ1v) is 15.7. The summed E-state index contributed by atoms with van der Waals surface area (Å²) in [5, 5.41) is 15.8. The number of benzene rings is 2. The standard InChI is InChI=1S/C34H52N4O6/c1-23(2)35-34(41)36-28-13-16-31-30(18-28)33(40)38(25(4)22-39)19-24(3)32(43-17-9-8-10-26(5)44-31)21-37(6)20-27-11-14-29(42-7)15-12-27/h11-16,18,23-26,32,39H,8-10,17,19-22H2,1-7H3,(H2,35,36,41)/t24-,25-,26-,32-/m0/s1. The van der Waals surface area contributed by atoms with Gasteiger partial charge in [0.1, 0.15) is 11.5 Å². The van der Waals surface area contributed by atoms with Crippen LogP contribution in [0, 0.1) is 5.92 Å². The average Bonchev–Trinajstić information content (AvgIpc) is 2.98. The third-order valence-electron chi connectivity index (χ3n) is 7.83. The second-order valence-electron chi connectivity index (χ2n) is 12.3. The Morgan fingerprint density at radius 2 is 1.86 bits per heavy atom.